The minimum Gasteiger partial charge on any atom is -0.462 e. The molecule has 6 nitrogen and oxygen atoms in total. The lowest BCUT2D eigenvalue weighted by Gasteiger charge is -2.18. The van der Waals surface area contributed by atoms with Crippen LogP contribution < -0.4 is 0 Å². The molecule has 0 N–H and O–H groups in total. The van der Waals surface area contributed by atoms with E-state index in [1.165, 1.54) is 308 Å². The quantitative estimate of drug-likeness (QED) is 0.0343. The van der Waals surface area contributed by atoms with Crippen molar-refractivity contribution in [2.45, 2.75) is 412 Å². The summed E-state index contributed by atoms with van der Waals surface area (Å²) in [7, 11) is 0. The van der Waals surface area contributed by atoms with Crippen LogP contribution in [0.2, 0.25) is 0 Å². The zero-order valence-electron chi connectivity index (χ0n) is 51.4. The second kappa shape index (κ2) is 64.9. The number of rotatable bonds is 65. The van der Waals surface area contributed by atoms with E-state index in [4.69, 9.17) is 14.2 Å². The molecule has 0 aliphatic rings. The Kier molecular flexibility index (Phi) is 63.6. The van der Waals surface area contributed by atoms with Crippen LogP contribution in [0.15, 0.2) is 0 Å². The molecule has 0 fully saturated rings. The second-order valence-electron chi connectivity index (χ2n) is 23.8. The van der Waals surface area contributed by atoms with Gasteiger partial charge < -0.3 is 14.2 Å². The highest BCUT2D eigenvalue weighted by Gasteiger charge is 2.19. The first-order valence-corrected chi connectivity index (χ1v) is 34.5. The molecule has 0 aromatic carbocycles. The molecule has 1 atom stereocenters. The number of ether oxygens (including phenoxy) is 3. The summed E-state index contributed by atoms with van der Waals surface area (Å²) in [6, 6.07) is 0. The zero-order chi connectivity index (χ0) is 54.3. The van der Waals surface area contributed by atoms with Crippen LogP contribution >= 0.6 is 0 Å². The average molecular weight is 1060 g/mol. The number of unbranched alkanes of at least 4 members (excludes halogenated alkanes) is 54. The Balaban J connectivity index is 3.95. The Hall–Kier alpha value is -1.59. The SMILES string of the molecule is CCCCCCCCCCCCCCCCCCCCCCCCCCCCCCC(=O)OCC(COC(=O)CCCCCCCC)OC(=O)CCCCCCCCCCCCCCCCCCCCCCCCC. The van der Waals surface area contributed by atoms with Gasteiger partial charge in [0.05, 0.1) is 0 Å². The predicted octanol–water partition coefficient (Wildman–Crippen LogP) is 23.5. The van der Waals surface area contributed by atoms with Gasteiger partial charge in [-0.15, -0.1) is 0 Å². The summed E-state index contributed by atoms with van der Waals surface area (Å²) in [4.78, 5) is 38.1. The summed E-state index contributed by atoms with van der Waals surface area (Å²) < 4.78 is 16.9. The van der Waals surface area contributed by atoms with Gasteiger partial charge in [0.2, 0.25) is 0 Å². The topological polar surface area (TPSA) is 78.9 Å². The van der Waals surface area contributed by atoms with Crippen molar-refractivity contribution >= 4 is 17.9 Å². The van der Waals surface area contributed by atoms with Crippen molar-refractivity contribution < 1.29 is 28.6 Å². The van der Waals surface area contributed by atoms with Crippen molar-refractivity contribution in [2.24, 2.45) is 0 Å². The molecule has 75 heavy (non-hydrogen) atoms. The van der Waals surface area contributed by atoms with Gasteiger partial charge in [0.25, 0.3) is 0 Å². The van der Waals surface area contributed by atoms with Gasteiger partial charge in [-0.1, -0.05) is 367 Å². The van der Waals surface area contributed by atoms with Crippen LogP contribution in [-0.2, 0) is 28.6 Å². The number of carbonyl (C=O) groups is 3. The van der Waals surface area contributed by atoms with Crippen LogP contribution in [0, 0.1) is 0 Å². The number of hydrogen-bond acceptors (Lipinski definition) is 6. The molecule has 0 aliphatic carbocycles. The third-order valence-corrected chi connectivity index (χ3v) is 16.1. The molecule has 0 aliphatic heterocycles. The summed E-state index contributed by atoms with van der Waals surface area (Å²) >= 11 is 0. The van der Waals surface area contributed by atoms with E-state index >= 15 is 0 Å². The van der Waals surface area contributed by atoms with Crippen molar-refractivity contribution in [2.75, 3.05) is 13.2 Å². The predicted molar refractivity (Wildman–Crippen MR) is 326 cm³/mol. The van der Waals surface area contributed by atoms with Crippen molar-refractivity contribution in [1.29, 1.82) is 0 Å². The first-order valence-electron chi connectivity index (χ1n) is 34.5. The molecule has 0 bridgehead atoms. The highest BCUT2D eigenvalue weighted by Crippen LogP contribution is 2.19. The molecular formula is C69H134O6. The van der Waals surface area contributed by atoms with Crippen LogP contribution in [-0.4, -0.2) is 37.2 Å². The van der Waals surface area contributed by atoms with Crippen molar-refractivity contribution in [3.63, 3.8) is 0 Å². The Bertz CT molecular complexity index is 1120. The van der Waals surface area contributed by atoms with E-state index in [2.05, 4.69) is 20.8 Å². The van der Waals surface area contributed by atoms with Gasteiger partial charge >= 0.3 is 17.9 Å². The van der Waals surface area contributed by atoms with E-state index < -0.39 is 6.10 Å². The fourth-order valence-electron chi connectivity index (χ4n) is 10.9. The van der Waals surface area contributed by atoms with Crippen LogP contribution in [0.1, 0.15) is 406 Å². The van der Waals surface area contributed by atoms with Gasteiger partial charge in [-0.25, -0.2) is 0 Å². The minimum absolute atomic E-state index is 0.0617. The van der Waals surface area contributed by atoms with Gasteiger partial charge in [-0.2, -0.15) is 0 Å². The van der Waals surface area contributed by atoms with Gasteiger partial charge in [0.15, 0.2) is 6.10 Å². The lowest BCUT2D eigenvalue weighted by molar-refractivity contribution is -0.167. The molecule has 0 spiro atoms. The third kappa shape index (κ3) is 63.1. The standard InChI is InChI=1S/C69H134O6/c1-4-7-10-13-16-18-20-22-24-26-28-30-32-33-34-35-36-38-39-41-43-45-47-49-51-53-56-59-62-68(71)74-65-66(64-73-67(70)61-58-55-15-12-9-6-3)75-69(72)63-60-57-54-52-50-48-46-44-42-40-37-31-29-27-25-23-21-19-17-14-11-8-5-2/h66H,4-65H2,1-3H3. The maximum atomic E-state index is 12.9. The van der Waals surface area contributed by atoms with E-state index in [0.717, 1.165) is 57.8 Å². The summed E-state index contributed by atoms with van der Waals surface area (Å²) in [6.45, 7) is 6.67. The number of carbonyl (C=O) groups excluding carboxylic acids is 3. The molecule has 0 heterocycles. The first-order chi connectivity index (χ1) is 37.0. The van der Waals surface area contributed by atoms with Gasteiger partial charge in [-0.05, 0) is 19.3 Å². The fraction of sp³-hybridized carbons (Fsp3) is 0.957. The zero-order valence-corrected chi connectivity index (χ0v) is 51.4. The average Bonchev–Trinajstić information content (AvgIpc) is 3.41. The molecule has 446 valence electrons. The number of esters is 3. The molecule has 0 rings (SSSR count). The monoisotopic (exact) mass is 1060 g/mol. The molecule has 0 saturated heterocycles. The summed E-state index contributed by atoms with van der Waals surface area (Å²) in [5, 5.41) is 0. The van der Waals surface area contributed by atoms with E-state index in [9.17, 15) is 14.4 Å². The van der Waals surface area contributed by atoms with E-state index in [1.54, 1.807) is 0 Å². The fourth-order valence-corrected chi connectivity index (χ4v) is 10.9. The Morgan fingerprint density at radius 3 is 0.533 bits per heavy atom. The Labute approximate surface area is 469 Å². The summed E-state index contributed by atoms with van der Waals surface area (Å²) in [5.41, 5.74) is 0. The van der Waals surface area contributed by atoms with Gasteiger partial charge in [0, 0.05) is 19.3 Å². The molecule has 6 heteroatoms. The largest absolute Gasteiger partial charge is 0.462 e. The molecule has 0 amide bonds. The number of hydrogen-bond donors (Lipinski definition) is 0. The summed E-state index contributed by atoms with van der Waals surface area (Å²) in [6.07, 6.45) is 76.1. The molecule has 0 radical (unpaired) electrons. The van der Waals surface area contributed by atoms with Crippen LogP contribution in [0.25, 0.3) is 0 Å². The molecule has 0 saturated carbocycles. The first kappa shape index (κ1) is 73.4. The maximum Gasteiger partial charge on any atom is 0.306 e. The Morgan fingerprint density at radius 2 is 0.360 bits per heavy atom. The highest BCUT2D eigenvalue weighted by atomic mass is 16.6. The van der Waals surface area contributed by atoms with Crippen molar-refractivity contribution in [1.82, 2.24) is 0 Å². The smallest absolute Gasteiger partial charge is 0.306 e. The minimum atomic E-state index is -0.761. The van der Waals surface area contributed by atoms with Crippen LogP contribution in [0.4, 0.5) is 0 Å². The highest BCUT2D eigenvalue weighted by molar-refractivity contribution is 5.71. The normalized spacial score (nSPS) is 11.9. The van der Waals surface area contributed by atoms with Crippen molar-refractivity contribution in [3.8, 4) is 0 Å². The van der Waals surface area contributed by atoms with E-state index in [-0.39, 0.29) is 31.1 Å². The van der Waals surface area contributed by atoms with Crippen molar-refractivity contribution in [3.05, 3.63) is 0 Å². The van der Waals surface area contributed by atoms with Crippen LogP contribution in [0.5, 0.6) is 0 Å². The van der Waals surface area contributed by atoms with Gasteiger partial charge in [0.1, 0.15) is 13.2 Å². The molecular weight excluding hydrogens is 925 g/mol. The van der Waals surface area contributed by atoms with Crippen LogP contribution in [0.3, 0.4) is 0 Å². The molecule has 1 unspecified atom stereocenters. The van der Waals surface area contributed by atoms with Gasteiger partial charge in [-0.3, -0.25) is 14.4 Å². The second-order valence-corrected chi connectivity index (χ2v) is 23.8. The summed E-state index contributed by atoms with van der Waals surface area (Å²) in [5.74, 6) is -0.838. The maximum absolute atomic E-state index is 12.9. The van der Waals surface area contributed by atoms with E-state index in [0.29, 0.717) is 19.3 Å². The molecule has 0 aromatic heterocycles. The molecule has 0 aromatic rings. The Morgan fingerprint density at radius 1 is 0.213 bits per heavy atom. The lowest BCUT2D eigenvalue weighted by atomic mass is 10.0. The lowest BCUT2D eigenvalue weighted by Crippen LogP contribution is -2.30. The third-order valence-electron chi connectivity index (χ3n) is 16.1. The van der Waals surface area contributed by atoms with E-state index in [1.807, 2.05) is 0 Å².